The zero-order valence-electron chi connectivity index (χ0n) is 14.3. The molecule has 1 fully saturated rings. The molecule has 1 aliphatic heterocycles. The molecule has 3 rings (SSSR count). The number of ether oxygens (including phenoxy) is 2. The first-order valence-electron chi connectivity index (χ1n) is 7.86. The van der Waals surface area contributed by atoms with E-state index in [-0.39, 0.29) is 34.7 Å². The van der Waals surface area contributed by atoms with Crippen molar-refractivity contribution in [2.75, 3.05) is 24.6 Å². The molecular weight excluding hydrogens is 360 g/mol. The highest BCUT2D eigenvalue weighted by Gasteiger charge is 2.35. The van der Waals surface area contributed by atoms with Gasteiger partial charge >= 0.3 is 0 Å². The summed E-state index contributed by atoms with van der Waals surface area (Å²) in [6.07, 6.45) is -0.251. The Hall–Kier alpha value is -2.65. The lowest BCUT2D eigenvalue weighted by Crippen LogP contribution is -2.34. The number of methoxy groups -OCH3 is 1. The Balaban J connectivity index is 2.12. The first-order valence-corrected chi connectivity index (χ1v) is 9.30. The molecule has 1 saturated heterocycles. The first kappa shape index (κ1) is 18.2. The Morgan fingerprint density at radius 1 is 1.27 bits per heavy atom. The number of nitro groups is 1. The molecule has 0 aromatic heterocycles. The highest BCUT2D eigenvalue weighted by Crippen LogP contribution is 2.36. The number of hydrogen-bond acceptors (Lipinski definition) is 6. The maximum Gasteiger partial charge on any atom is 0.271 e. The van der Waals surface area contributed by atoms with Gasteiger partial charge in [0, 0.05) is 12.1 Å². The van der Waals surface area contributed by atoms with E-state index in [0.717, 1.165) is 9.87 Å². The van der Waals surface area contributed by atoms with Crippen LogP contribution in [-0.4, -0.2) is 39.7 Å². The third kappa shape index (κ3) is 3.63. The molecule has 138 valence electrons. The molecule has 0 bridgehead atoms. The van der Waals surface area contributed by atoms with Crippen molar-refractivity contribution in [3.05, 3.63) is 58.1 Å². The molecule has 1 aliphatic rings. The molecule has 0 N–H and O–H groups in total. The Labute approximate surface area is 151 Å². The van der Waals surface area contributed by atoms with Crippen molar-refractivity contribution in [1.82, 2.24) is 0 Å². The third-order valence-electron chi connectivity index (χ3n) is 4.02. The van der Waals surface area contributed by atoms with Crippen LogP contribution in [0.25, 0.3) is 0 Å². The second-order valence-electron chi connectivity index (χ2n) is 5.92. The van der Waals surface area contributed by atoms with E-state index in [1.807, 2.05) is 6.92 Å². The molecule has 1 heterocycles. The number of epoxide rings is 1. The van der Waals surface area contributed by atoms with Crippen molar-refractivity contribution in [3.8, 4) is 5.75 Å². The van der Waals surface area contributed by atoms with Crippen LogP contribution in [0.5, 0.6) is 5.75 Å². The average Bonchev–Trinajstić information content (AvgIpc) is 3.43. The van der Waals surface area contributed by atoms with Gasteiger partial charge in [-0.25, -0.2) is 8.42 Å². The Morgan fingerprint density at radius 2 is 1.92 bits per heavy atom. The standard InChI is InChI=1S/C17H18N2O6S/c1-12-3-6-15(7-4-12)26(22,23)18(10-14-11-25-14)16-9-13(19(20)21)5-8-17(16)24-2/h3-9,14H,10-11H2,1-2H3/t14-/m0/s1. The molecule has 1 atom stereocenters. The van der Waals surface area contributed by atoms with Gasteiger partial charge in [-0.05, 0) is 25.1 Å². The van der Waals surface area contributed by atoms with Crippen LogP contribution in [0.1, 0.15) is 5.56 Å². The van der Waals surface area contributed by atoms with Gasteiger partial charge in [-0.15, -0.1) is 0 Å². The molecule has 8 nitrogen and oxygen atoms in total. The van der Waals surface area contributed by atoms with Crippen LogP contribution < -0.4 is 9.04 Å². The minimum Gasteiger partial charge on any atom is -0.495 e. The summed E-state index contributed by atoms with van der Waals surface area (Å²) in [7, 11) is -2.57. The largest absolute Gasteiger partial charge is 0.495 e. The number of anilines is 1. The number of aryl methyl sites for hydroxylation is 1. The van der Waals surface area contributed by atoms with Gasteiger partial charge in [-0.3, -0.25) is 14.4 Å². The quantitative estimate of drug-likeness (QED) is 0.417. The third-order valence-corrected chi connectivity index (χ3v) is 5.82. The zero-order valence-corrected chi connectivity index (χ0v) is 15.1. The summed E-state index contributed by atoms with van der Waals surface area (Å²) in [6.45, 7) is 2.35. The summed E-state index contributed by atoms with van der Waals surface area (Å²) in [6, 6.07) is 10.3. The van der Waals surface area contributed by atoms with Crippen molar-refractivity contribution >= 4 is 21.4 Å². The molecule has 0 aliphatic carbocycles. The second kappa shape index (κ2) is 6.93. The molecule has 9 heteroatoms. The number of nitro benzene ring substituents is 1. The molecule has 0 unspecified atom stereocenters. The van der Waals surface area contributed by atoms with E-state index in [9.17, 15) is 18.5 Å². The van der Waals surface area contributed by atoms with E-state index >= 15 is 0 Å². The summed E-state index contributed by atoms with van der Waals surface area (Å²) in [5.74, 6) is 0.229. The lowest BCUT2D eigenvalue weighted by atomic mass is 10.2. The molecule has 2 aromatic carbocycles. The summed E-state index contributed by atoms with van der Waals surface area (Å²) >= 11 is 0. The number of hydrogen-bond donors (Lipinski definition) is 0. The topological polar surface area (TPSA) is 102 Å². The lowest BCUT2D eigenvalue weighted by molar-refractivity contribution is -0.384. The van der Waals surface area contributed by atoms with Crippen LogP contribution in [0, 0.1) is 17.0 Å². The van der Waals surface area contributed by atoms with Crippen LogP contribution in [0.2, 0.25) is 0 Å². The maximum atomic E-state index is 13.2. The highest BCUT2D eigenvalue weighted by molar-refractivity contribution is 7.92. The van der Waals surface area contributed by atoms with Gasteiger partial charge < -0.3 is 9.47 Å². The first-order chi connectivity index (χ1) is 12.3. The maximum absolute atomic E-state index is 13.2. The average molecular weight is 378 g/mol. The zero-order chi connectivity index (χ0) is 18.9. The fourth-order valence-corrected chi connectivity index (χ4v) is 4.01. The van der Waals surface area contributed by atoms with Gasteiger partial charge in [-0.1, -0.05) is 17.7 Å². The van der Waals surface area contributed by atoms with E-state index < -0.39 is 14.9 Å². The predicted octanol–water partition coefficient (Wildman–Crippen LogP) is 2.51. The molecule has 26 heavy (non-hydrogen) atoms. The lowest BCUT2D eigenvalue weighted by Gasteiger charge is -2.25. The summed E-state index contributed by atoms with van der Waals surface area (Å²) < 4.78 is 37.9. The van der Waals surface area contributed by atoms with Gasteiger partial charge in [0.25, 0.3) is 15.7 Å². The van der Waals surface area contributed by atoms with Crippen molar-refractivity contribution in [1.29, 1.82) is 0 Å². The monoisotopic (exact) mass is 378 g/mol. The second-order valence-corrected chi connectivity index (χ2v) is 7.78. The normalized spacial score (nSPS) is 16.2. The summed E-state index contributed by atoms with van der Waals surface area (Å²) in [5.41, 5.74) is 0.813. The van der Waals surface area contributed by atoms with Crippen LogP contribution in [0.15, 0.2) is 47.4 Å². The molecule has 0 radical (unpaired) electrons. The SMILES string of the molecule is COc1ccc([N+](=O)[O-])cc1N(C[C@H]1CO1)S(=O)(=O)c1ccc(C)cc1. The molecule has 0 saturated carbocycles. The molecular formula is C17H18N2O6S. The van der Waals surface area contributed by atoms with Gasteiger partial charge in [-0.2, -0.15) is 0 Å². The molecule has 0 spiro atoms. The Bertz CT molecular complexity index is 923. The fourth-order valence-electron chi connectivity index (χ4n) is 2.51. The number of benzene rings is 2. The van der Waals surface area contributed by atoms with Crippen LogP contribution in [0.4, 0.5) is 11.4 Å². The van der Waals surface area contributed by atoms with Crippen molar-refractivity contribution in [2.24, 2.45) is 0 Å². The number of rotatable bonds is 7. The smallest absolute Gasteiger partial charge is 0.271 e. The van der Waals surface area contributed by atoms with Crippen LogP contribution >= 0.6 is 0 Å². The fraction of sp³-hybridized carbons (Fsp3) is 0.294. The minimum absolute atomic E-state index is 0.0493. The van der Waals surface area contributed by atoms with E-state index in [1.165, 1.54) is 37.4 Å². The van der Waals surface area contributed by atoms with Crippen molar-refractivity contribution < 1.29 is 22.8 Å². The van der Waals surface area contributed by atoms with Gasteiger partial charge in [0.05, 0.1) is 36.2 Å². The molecule has 2 aromatic rings. The van der Waals surface area contributed by atoms with Crippen molar-refractivity contribution in [3.63, 3.8) is 0 Å². The minimum atomic E-state index is -3.95. The predicted molar refractivity (Wildman–Crippen MR) is 95.1 cm³/mol. The summed E-state index contributed by atoms with van der Waals surface area (Å²) in [5, 5.41) is 11.1. The van der Waals surface area contributed by atoms with Gasteiger partial charge in [0.1, 0.15) is 11.4 Å². The van der Waals surface area contributed by atoms with Gasteiger partial charge in [0.2, 0.25) is 0 Å². The Kier molecular flexibility index (Phi) is 4.84. The Morgan fingerprint density at radius 3 is 2.46 bits per heavy atom. The number of sulfonamides is 1. The highest BCUT2D eigenvalue weighted by atomic mass is 32.2. The van der Waals surface area contributed by atoms with E-state index in [2.05, 4.69) is 0 Å². The summed E-state index contributed by atoms with van der Waals surface area (Å²) in [4.78, 5) is 10.7. The number of non-ortho nitro benzene ring substituents is 1. The number of nitrogens with zero attached hydrogens (tertiary/aromatic N) is 2. The molecule has 0 amide bonds. The van der Waals surface area contributed by atoms with Gasteiger partial charge in [0.15, 0.2) is 0 Å². The van der Waals surface area contributed by atoms with E-state index in [1.54, 1.807) is 12.1 Å². The van der Waals surface area contributed by atoms with E-state index in [4.69, 9.17) is 9.47 Å². The van der Waals surface area contributed by atoms with Crippen molar-refractivity contribution in [2.45, 2.75) is 17.9 Å². The van der Waals surface area contributed by atoms with Crippen LogP contribution in [0.3, 0.4) is 0 Å². The van der Waals surface area contributed by atoms with E-state index in [0.29, 0.717) is 6.61 Å². The van der Waals surface area contributed by atoms with Crippen LogP contribution in [-0.2, 0) is 14.8 Å².